The molecular formula is C23H31ClN2O3S. The molecule has 5 aliphatic rings. The maximum Gasteiger partial charge on any atom is 0.243 e. The van der Waals surface area contributed by atoms with Crippen LogP contribution < -0.4 is 5.32 Å². The van der Waals surface area contributed by atoms with E-state index in [1.165, 1.54) is 42.8 Å². The summed E-state index contributed by atoms with van der Waals surface area (Å²) in [6, 6.07) is 6.32. The fraction of sp³-hybridized carbons (Fsp3) is 0.696. The molecule has 4 aliphatic carbocycles. The molecule has 6 rings (SSSR count). The number of carbonyl (C=O) groups is 1. The Labute approximate surface area is 184 Å². The van der Waals surface area contributed by atoms with Crippen LogP contribution in [-0.2, 0) is 14.8 Å². The van der Waals surface area contributed by atoms with E-state index >= 15 is 0 Å². The minimum Gasteiger partial charge on any atom is -0.356 e. The molecule has 30 heavy (non-hydrogen) atoms. The van der Waals surface area contributed by atoms with Gasteiger partial charge in [-0.05, 0) is 98.3 Å². The van der Waals surface area contributed by atoms with Crippen LogP contribution in [0.15, 0.2) is 29.2 Å². The Balaban J connectivity index is 1.13. The van der Waals surface area contributed by atoms with E-state index in [0.29, 0.717) is 31.1 Å². The van der Waals surface area contributed by atoms with Crippen molar-refractivity contribution in [1.29, 1.82) is 0 Å². The fourth-order valence-corrected chi connectivity index (χ4v) is 8.76. The van der Waals surface area contributed by atoms with Gasteiger partial charge in [-0.3, -0.25) is 4.79 Å². The molecular weight excluding hydrogens is 420 g/mol. The first-order chi connectivity index (χ1) is 14.3. The molecule has 0 radical (unpaired) electrons. The molecule has 4 bridgehead atoms. The molecule has 1 aromatic rings. The summed E-state index contributed by atoms with van der Waals surface area (Å²) in [6.45, 7) is 1.53. The van der Waals surface area contributed by atoms with Crippen molar-refractivity contribution in [1.82, 2.24) is 9.62 Å². The summed E-state index contributed by atoms with van der Waals surface area (Å²) in [6.07, 6.45) is 9.33. The van der Waals surface area contributed by atoms with E-state index in [4.69, 9.17) is 11.6 Å². The molecule has 0 spiro atoms. The Bertz CT molecular complexity index is 880. The zero-order chi connectivity index (χ0) is 20.9. The molecule has 1 amide bonds. The number of hydrogen-bond donors (Lipinski definition) is 1. The third-order valence-corrected chi connectivity index (χ3v) is 10.1. The minimum absolute atomic E-state index is 0.163. The van der Waals surface area contributed by atoms with Crippen molar-refractivity contribution in [3.8, 4) is 0 Å². The van der Waals surface area contributed by atoms with Gasteiger partial charge in [0.25, 0.3) is 0 Å². The van der Waals surface area contributed by atoms with Crippen molar-refractivity contribution in [2.75, 3.05) is 19.6 Å². The van der Waals surface area contributed by atoms with Crippen LogP contribution in [0.5, 0.6) is 0 Å². The van der Waals surface area contributed by atoms with E-state index in [1.54, 1.807) is 24.3 Å². The second-order valence-corrected chi connectivity index (χ2v) is 12.7. The van der Waals surface area contributed by atoms with Crippen molar-refractivity contribution in [3.63, 3.8) is 0 Å². The molecule has 0 aromatic heterocycles. The Kier molecular flexibility index (Phi) is 5.39. The molecule has 1 N–H and O–H groups in total. The Morgan fingerprint density at radius 1 is 1.07 bits per heavy atom. The molecule has 1 unspecified atom stereocenters. The molecule has 5 fully saturated rings. The number of benzene rings is 1. The maximum atomic E-state index is 12.8. The van der Waals surface area contributed by atoms with Gasteiger partial charge in [-0.1, -0.05) is 11.6 Å². The highest BCUT2D eigenvalue weighted by molar-refractivity contribution is 7.89. The van der Waals surface area contributed by atoms with Gasteiger partial charge < -0.3 is 5.32 Å². The molecule has 7 heteroatoms. The van der Waals surface area contributed by atoms with Crippen LogP contribution in [0.4, 0.5) is 0 Å². The van der Waals surface area contributed by atoms with Crippen LogP contribution in [-0.4, -0.2) is 38.3 Å². The van der Waals surface area contributed by atoms with Gasteiger partial charge in [0.2, 0.25) is 15.9 Å². The molecule has 5 nitrogen and oxygen atoms in total. The zero-order valence-electron chi connectivity index (χ0n) is 17.4. The molecule has 1 heterocycles. The third-order valence-electron chi connectivity index (χ3n) is 7.99. The molecule has 1 aromatic carbocycles. The highest BCUT2D eigenvalue weighted by Crippen LogP contribution is 2.61. The van der Waals surface area contributed by atoms with Crippen molar-refractivity contribution in [2.45, 2.75) is 56.3 Å². The number of amides is 1. The van der Waals surface area contributed by atoms with E-state index in [0.717, 1.165) is 24.2 Å². The first-order valence-electron chi connectivity index (χ1n) is 11.3. The van der Waals surface area contributed by atoms with Crippen LogP contribution in [0.25, 0.3) is 0 Å². The van der Waals surface area contributed by atoms with Gasteiger partial charge in [0.1, 0.15) is 0 Å². The maximum absolute atomic E-state index is 12.8. The van der Waals surface area contributed by atoms with Crippen LogP contribution in [0.3, 0.4) is 0 Å². The first kappa shape index (κ1) is 20.8. The normalized spacial score (nSPS) is 35.6. The lowest BCUT2D eigenvalue weighted by atomic mass is 9.49. The van der Waals surface area contributed by atoms with E-state index in [9.17, 15) is 13.2 Å². The number of nitrogens with one attached hydrogen (secondary N) is 1. The van der Waals surface area contributed by atoms with Gasteiger partial charge in [-0.25, -0.2) is 8.42 Å². The van der Waals surface area contributed by atoms with Crippen LogP contribution in [0, 0.1) is 29.1 Å². The smallest absolute Gasteiger partial charge is 0.243 e. The monoisotopic (exact) mass is 450 g/mol. The molecule has 4 saturated carbocycles. The lowest BCUT2D eigenvalue weighted by molar-refractivity contribution is -0.129. The molecule has 1 aliphatic heterocycles. The van der Waals surface area contributed by atoms with Crippen LogP contribution in [0.2, 0.25) is 5.02 Å². The molecule has 1 atom stereocenters. The lowest BCUT2D eigenvalue weighted by Gasteiger charge is -2.56. The topological polar surface area (TPSA) is 66.5 Å². The average molecular weight is 451 g/mol. The Hall–Kier alpha value is -1.11. The quantitative estimate of drug-likeness (QED) is 0.710. The summed E-state index contributed by atoms with van der Waals surface area (Å²) in [5.74, 6) is 2.89. The predicted molar refractivity (Wildman–Crippen MR) is 117 cm³/mol. The van der Waals surface area contributed by atoms with E-state index in [2.05, 4.69) is 5.32 Å². The van der Waals surface area contributed by atoms with Gasteiger partial charge in [0, 0.05) is 31.1 Å². The summed E-state index contributed by atoms with van der Waals surface area (Å²) < 4.78 is 27.2. The first-order valence-corrected chi connectivity index (χ1v) is 13.2. The van der Waals surface area contributed by atoms with Crippen LogP contribution in [0.1, 0.15) is 51.4 Å². The largest absolute Gasteiger partial charge is 0.356 e. The van der Waals surface area contributed by atoms with Crippen molar-refractivity contribution in [2.24, 2.45) is 29.1 Å². The average Bonchev–Trinajstić information content (AvgIpc) is 3.15. The number of halogens is 1. The predicted octanol–water partition coefficient (Wildman–Crippen LogP) is 4.07. The summed E-state index contributed by atoms with van der Waals surface area (Å²) in [5.41, 5.74) is 0.248. The van der Waals surface area contributed by atoms with Gasteiger partial charge >= 0.3 is 0 Å². The Morgan fingerprint density at radius 2 is 1.67 bits per heavy atom. The summed E-state index contributed by atoms with van der Waals surface area (Å²) in [7, 11) is -3.50. The number of nitrogens with zero attached hydrogens (tertiary/aromatic N) is 1. The van der Waals surface area contributed by atoms with Crippen molar-refractivity contribution >= 4 is 27.5 Å². The number of sulfonamides is 1. The second kappa shape index (κ2) is 7.79. The summed E-state index contributed by atoms with van der Waals surface area (Å²) in [5, 5.41) is 3.66. The fourth-order valence-electron chi connectivity index (χ4n) is 7.11. The highest BCUT2D eigenvalue weighted by Gasteiger charge is 2.51. The number of hydrogen-bond acceptors (Lipinski definition) is 3. The standard InChI is InChI=1S/C23H31ClN2O3S/c24-20-1-3-21(4-2-20)30(28,29)26-6-5-16(15-26)14-25-22(27)13-23-10-17-7-18(11-23)9-19(8-17)12-23/h1-4,16-19H,5-15H2,(H,25,27). The van der Waals surface area contributed by atoms with Gasteiger partial charge in [0.15, 0.2) is 0 Å². The van der Waals surface area contributed by atoms with Crippen LogP contribution >= 0.6 is 11.6 Å². The van der Waals surface area contributed by atoms with Gasteiger partial charge in [-0.15, -0.1) is 0 Å². The lowest BCUT2D eigenvalue weighted by Crippen LogP contribution is -2.48. The molecule has 1 saturated heterocycles. The summed E-state index contributed by atoms with van der Waals surface area (Å²) >= 11 is 5.88. The van der Waals surface area contributed by atoms with E-state index in [-0.39, 0.29) is 22.1 Å². The van der Waals surface area contributed by atoms with Gasteiger partial charge in [-0.2, -0.15) is 4.31 Å². The SMILES string of the molecule is O=C(CC12CC3CC(CC(C3)C1)C2)NCC1CCN(S(=O)(=O)c2ccc(Cl)cc2)C1. The number of carbonyl (C=O) groups excluding carboxylic acids is 1. The Morgan fingerprint density at radius 3 is 2.27 bits per heavy atom. The zero-order valence-corrected chi connectivity index (χ0v) is 18.9. The van der Waals surface area contributed by atoms with Crippen molar-refractivity contribution in [3.05, 3.63) is 29.3 Å². The van der Waals surface area contributed by atoms with E-state index in [1.807, 2.05) is 0 Å². The van der Waals surface area contributed by atoms with E-state index < -0.39 is 10.0 Å². The van der Waals surface area contributed by atoms with Crippen molar-refractivity contribution < 1.29 is 13.2 Å². The number of rotatable bonds is 6. The third kappa shape index (κ3) is 4.03. The van der Waals surface area contributed by atoms with Gasteiger partial charge in [0.05, 0.1) is 4.90 Å². The molecule has 164 valence electrons. The summed E-state index contributed by atoms with van der Waals surface area (Å²) in [4.78, 5) is 13.0. The minimum atomic E-state index is -3.50. The second-order valence-electron chi connectivity index (χ2n) is 10.4. The highest BCUT2D eigenvalue weighted by atomic mass is 35.5.